The molecule has 2 aromatic carbocycles. The van der Waals surface area contributed by atoms with Crippen LogP contribution in [0.15, 0.2) is 36.4 Å². The summed E-state index contributed by atoms with van der Waals surface area (Å²) in [5.74, 6) is -1.74. The first-order valence-electron chi connectivity index (χ1n) is 6.07. The quantitative estimate of drug-likeness (QED) is 0.876. The lowest BCUT2D eigenvalue weighted by Crippen LogP contribution is -2.11. The minimum atomic E-state index is -0.871. The third-order valence-corrected chi connectivity index (χ3v) is 3.17. The Morgan fingerprint density at radius 3 is 2.58 bits per heavy atom. The molecule has 0 heterocycles. The highest BCUT2D eigenvalue weighted by Crippen LogP contribution is 2.31. The fraction of sp³-hybridized carbons (Fsp3) is 0.200. The van der Waals surface area contributed by atoms with E-state index in [9.17, 15) is 8.78 Å². The van der Waals surface area contributed by atoms with Crippen molar-refractivity contribution in [2.45, 2.75) is 13.5 Å². The number of hydrogen-bond donors (Lipinski definition) is 1. The van der Waals surface area contributed by atoms with E-state index in [1.165, 1.54) is 12.1 Å². The van der Waals surface area contributed by atoms with E-state index in [1.807, 2.05) is 13.0 Å². The third-order valence-electron chi connectivity index (χ3n) is 2.85. The van der Waals surface area contributed by atoms with Gasteiger partial charge in [0.1, 0.15) is 0 Å². The topological polar surface area (TPSA) is 12.0 Å². The minimum Gasteiger partial charge on any atom is -0.313 e. The van der Waals surface area contributed by atoms with Crippen LogP contribution in [0.2, 0.25) is 5.02 Å². The van der Waals surface area contributed by atoms with E-state index in [0.29, 0.717) is 17.1 Å². The lowest BCUT2D eigenvalue weighted by molar-refractivity contribution is 0.511. The summed E-state index contributed by atoms with van der Waals surface area (Å²) in [4.78, 5) is 0. The summed E-state index contributed by atoms with van der Waals surface area (Å²) >= 11 is 6.15. The van der Waals surface area contributed by atoms with Gasteiger partial charge in [0.05, 0.1) is 0 Å². The third kappa shape index (κ3) is 3.11. The molecule has 0 aliphatic carbocycles. The molecular formula is C15H14ClF2N. The van der Waals surface area contributed by atoms with Gasteiger partial charge in [-0.05, 0) is 24.2 Å². The van der Waals surface area contributed by atoms with Gasteiger partial charge in [0.2, 0.25) is 0 Å². The van der Waals surface area contributed by atoms with E-state index in [1.54, 1.807) is 12.1 Å². The lowest BCUT2D eigenvalue weighted by Gasteiger charge is -2.09. The van der Waals surface area contributed by atoms with Crippen molar-refractivity contribution in [3.63, 3.8) is 0 Å². The molecule has 0 aliphatic heterocycles. The molecule has 0 aromatic heterocycles. The van der Waals surface area contributed by atoms with Crippen LogP contribution < -0.4 is 5.32 Å². The number of hydrogen-bond acceptors (Lipinski definition) is 1. The molecule has 0 atom stereocenters. The van der Waals surface area contributed by atoms with Gasteiger partial charge in [0, 0.05) is 22.7 Å². The maximum absolute atomic E-state index is 13.7. The van der Waals surface area contributed by atoms with Crippen molar-refractivity contribution in [1.29, 1.82) is 0 Å². The van der Waals surface area contributed by atoms with Crippen LogP contribution in [0.5, 0.6) is 0 Å². The van der Waals surface area contributed by atoms with E-state index in [-0.39, 0.29) is 5.56 Å². The monoisotopic (exact) mass is 281 g/mol. The lowest BCUT2D eigenvalue weighted by atomic mass is 10.0. The summed E-state index contributed by atoms with van der Waals surface area (Å²) in [6.07, 6.45) is 0. The second-order valence-corrected chi connectivity index (χ2v) is 4.60. The second kappa shape index (κ2) is 6.13. The van der Waals surface area contributed by atoms with Gasteiger partial charge in [-0.25, -0.2) is 8.78 Å². The van der Waals surface area contributed by atoms with Crippen LogP contribution in [0, 0.1) is 11.6 Å². The van der Waals surface area contributed by atoms with Crippen molar-refractivity contribution in [1.82, 2.24) is 5.32 Å². The summed E-state index contributed by atoms with van der Waals surface area (Å²) in [5.41, 5.74) is 1.69. The molecule has 100 valence electrons. The first-order valence-corrected chi connectivity index (χ1v) is 6.44. The average Bonchev–Trinajstić information content (AvgIpc) is 2.40. The van der Waals surface area contributed by atoms with Crippen LogP contribution in [-0.2, 0) is 6.54 Å². The molecule has 4 heteroatoms. The van der Waals surface area contributed by atoms with Crippen molar-refractivity contribution >= 4 is 11.6 Å². The Balaban J connectivity index is 2.38. The van der Waals surface area contributed by atoms with Crippen LogP contribution >= 0.6 is 11.6 Å². The summed E-state index contributed by atoms with van der Waals surface area (Å²) in [7, 11) is 0. The first kappa shape index (κ1) is 14.0. The average molecular weight is 282 g/mol. The molecule has 1 N–H and O–H groups in total. The predicted molar refractivity (Wildman–Crippen MR) is 74.2 cm³/mol. The zero-order valence-electron chi connectivity index (χ0n) is 10.5. The highest BCUT2D eigenvalue weighted by atomic mass is 35.5. The molecule has 2 aromatic rings. The van der Waals surface area contributed by atoms with Gasteiger partial charge in [-0.3, -0.25) is 0 Å². The molecular weight excluding hydrogens is 268 g/mol. The van der Waals surface area contributed by atoms with Gasteiger partial charge < -0.3 is 5.32 Å². The van der Waals surface area contributed by atoms with E-state index in [0.717, 1.165) is 18.2 Å². The molecule has 0 fully saturated rings. The Morgan fingerprint density at radius 2 is 1.89 bits per heavy atom. The normalized spacial score (nSPS) is 10.7. The Kier molecular flexibility index (Phi) is 4.51. The smallest absolute Gasteiger partial charge is 0.166 e. The zero-order chi connectivity index (χ0) is 13.8. The summed E-state index contributed by atoms with van der Waals surface area (Å²) in [6.45, 7) is 3.57. The Morgan fingerprint density at radius 1 is 1.11 bits per heavy atom. The Bertz CT molecular complexity index is 584. The number of halogens is 3. The van der Waals surface area contributed by atoms with Crippen molar-refractivity contribution < 1.29 is 8.78 Å². The van der Waals surface area contributed by atoms with Gasteiger partial charge in [0.25, 0.3) is 0 Å². The molecule has 1 nitrogen and oxygen atoms in total. The second-order valence-electron chi connectivity index (χ2n) is 4.20. The van der Waals surface area contributed by atoms with E-state index < -0.39 is 11.6 Å². The van der Waals surface area contributed by atoms with Gasteiger partial charge in [-0.15, -0.1) is 0 Å². The maximum atomic E-state index is 13.7. The molecule has 0 spiro atoms. The van der Waals surface area contributed by atoms with Gasteiger partial charge in [-0.2, -0.15) is 0 Å². The Hall–Kier alpha value is -1.45. The highest BCUT2D eigenvalue weighted by molar-refractivity contribution is 6.33. The molecule has 0 bridgehead atoms. The van der Waals surface area contributed by atoms with Gasteiger partial charge in [0.15, 0.2) is 11.6 Å². The standard InChI is InChI=1S/C15H14ClF2N/c1-2-19-9-10-6-7-11(13(16)8-10)12-4-3-5-14(17)15(12)18/h3-8,19H,2,9H2,1H3. The van der Waals surface area contributed by atoms with E-state index in [2.05, 4.69) is 5.32 Å². The van der Waals surface area contributed by atoms with Crippen molar-refractivity contribution in [2.75, 3.05) is 6.54 Å². The SMILES string of the molecule is CCNCc1ccc(-c2cccc(F)c2F)c(Cl)c1. The Labute approximate surface area is 116 Å². The van der Waals surface area contributed by atoms with E-state index >= 15 is 0 Å². The van der Waals surface area contributed by atoms with Gasteiger partial charge >= 0.3 is 0 Å². The zero-order valence-corrected chi connectivity index (χ0v) is 11.3. The number of benzene rings is 2. The predicted octanol–water partition coefficient (Wildman–Crippen LogP) is 4.39. The van der Waals surface area contributed by atoms with Crippen molar-refractivity contribution in [3.8, 4) is 11.1 Å². The van der Waals surface area contributed by atoms with Crippen LogP contribution in [-0.4, -0.2) is 6.54 Å². The largest absolute Gasteiger partial charge is 0.313 e. The summed E-state index contributed by atoms with van der Waals surface area (Å²) < 4.78 is 26.9. The molecule has 0 saturated heterocycles. The molecule has 0 aliphatic rings. The molecule has 0 unspecified atom stereocenters. The number of rotatable bonds is 4. The van der Waals surface area contributed by atoms with Crippen molar-refractivity contribution in [2.24, 2.45) is 0 Å². The van der Waals surface area contributed by atoms with E-state index in [4.69, 9.17) is 11.6 Å². The molecule has 0 saturated carbocycles. The fourth-order valence-corrected chi connectivity index (χ4v) is 2.17. The fourth-order valence-electron chi connectivity index (χ4n) is 1.87. The molecule has 2 rings (SSSR count). The highest BCUT2D eigenvalue weighted by Gasteiger charge is 2.12. The first-order chi connectivity index (χ1) is 9.13. The van der Waals surface area contributed by atoms with Crippen molar-refractivity contribution in [3.05, 3.63) is 58.6 Å². The van der Waals surface area contributed by atoms with Crippen LogP contribution in [0.1, 0.15) is 12.5 Å². The number of nitrogens with one attached hydrogen (secondary N) is 1. The van der Waals surface area contributed by atoms with Crippen LogP contribution in [0.4, 0.5) is 8.78 Å². The molecule has 0 amide bonds. The summed E-state index contributed by atoms with van der Waals surface area (Å²) in [6, 6.07) is 9.41. The molecule has 19 heavy (non-hydrogen) atoms. The maximum Gasteiger partial charge on any atom is 0.166 e. The van der Waals surface area contributed by atoms with Crippen LogP contribution in [0.3, 0.4) is 0 Å². The summed E-state index contributed by atoms with van der Waals surface area (Å²) in [5, 5.41) is 3.60. The van der Waals surface area contributed by atoms with Crippen LogP contribution in [0.25, 0.3) is 11.1 Å². The van der Waals surface area contributed by atoms with Gasteiger partial charge in [-0.1, -0.05) is 42.8 Å². The molecule has 0 radical (unpaired) electrons. The minimum absolute atomic E-state index is 0.181.